The summed E-state index contributed by atoms with van der Waals surface area (Å²) in [6.45, 7) is 1.93. The number of para-hydroxylation sites is 1. The monoisotopic (exact) mass is 333 g/mol. The summed E-state index contributed by atoms with van der Waals surface area (Å²) in [6.07, 6.45) is -0.914. The van der Waals surface area contributed by atoms with Crippen molar-refractivity contribution in [2.45, 2.75) is 25.0 Å². The van der Waals surface area contributed by atoms with Gasteiger partial charge in [0.2, 0.25) is 0 Å². The van der Waals surface area contributed by atoms with Crippen molar-refractivity contribution >= 4 is 17.7 Å². The van der Waals surface area contributed by atoms with E-state index < -0.39 is 23.7 Å². The van der Waals surface area contributed by atoms with Gasteiger partial charge in [-0.15, -0.1) is 0 Å². The number of methoxy groups -OCH3 is 3. The highest BCUT2D eigenvalue weighted by molar-refractivity contribution is 6.02. The van der Waals surface area contributed by atoms with Crippen molar-refractivity contribution in [2.24, 2.45) is 0 Å². The summed E-state index contributed by atoms with van der Waals surface area (Å²) in [7, 11) is 4.14. The highest BCUT2D eigenvalue weighted by Crippen LogP contribution is 2.56. The molecule has 0 spiro atoms. The highest BCUT2D eigenvalue weighted by atomic mass is 16.7. The van der Waals surface area contributed by atoms with E-state index >= 15 is 0 Å². The van der Waals surface area contributed by atoms with Gasteiger partial charge in [0.25, 0.3) is 5.95 Å². The van der Waals surface area contributed by atoms with Crippen LogP contribution in [0.5, 0.6) is 0 Å². The molecular formula is C17H19NO6. The minimum absolute atomic E-state index is 0.0888. The largest absolute Gasteiger partial charge is 0.468 e. The Labute approximate surface area is 139 Å². The molecule has 24 heavy (non-hydrogen) atoms. The van der Waals surface area contributed by atoms with Crippen molar-refractivity contribution in [1.82, 2.24) is 0 Å². The van der Waals surface area contributed by atoms with Crippen LogP contribution in [0.2, 0.25) is 0 Å². The lowest BCUT2D eigenvalue weighted by molar-refractivity contribution is -0.139. The smallest absolute Gasteiger partial charge is 0.417 e. The van der Waals surface area contributed by atoms with Gasteiger partial charge < -0.3 is 18.9 Å². The molecule has 3 rings (SSSR count). The van der Waals surface area contributed by atoms with E-state index in [1.54, 1.807) is 6.07 Å². The van der Waals surface area contributed by atoms with Gasteiger partial charge in [-0.25, -0.2) is 14.5 Å². The number of esters is 1. The van der Waals surface area contributed by atoms with Gasteiger partial charge in [-0.05, 0) is 18.1 Å². The molecule has 0 aliphatic carbocycles. The fourth-order valence-electron chi connectivity index (χ4n) is 3.68. The number of amides is 1. The molecule has 7 nitrogen and oxygen atoms in total. The first-order valence-corrected chi connectivity index (χ1v) is 7.57. The molecule has 0 N–H and O–H groups in total. The number of ether oxygens (including phenoxy) is 4. The molecule has 1 aromatic carbocycles. The van der Waals surface area contributed by atoms with Crippen LogP contribution in [0.1, 0.15) is 18.9 Å². The van der Waals surface area contributed by atoms with Crippen LogP contribution >= 0.6 is 0 Å². The summed E-state index contributed by atoms with van der Waals surface area (Å²) in [6, 6.07) is 7.35. The predicted octanol–water partition coefficient (Wildman–Crippen LogP) is 2.31. The fourth-order valence-corrected chi connectivity index (χ4v) is 3.68. The Kier molecular flexibility index (Phi) is 3.87. The number of hydrogen-bond donors (Lipinski definition) is 0. The van der Waals surface area contributed by atoms with E-state index in [9.17, 15) is 9.59 Å². The van der Waals surface area contributed by atoms with Crippen molar-refractivity contribution in [3.8, 4) is 0 Å². The Morgan fingerprint density at radius 1 is 1.21 bits per heavy atom. The number of rotatable bonds is 3. The van der Waals surface area contributed by atoms with E-state index in [1.807, 2.05) is 25.1 Å². The van der Waals surface area contributed by atoms with Crippen molar-refractivity contribution in [1.29, 1.82) is 0 Å². The lowest BCUT2D eigenvalue weighted by Gasteiger charge is -2.29. The standard InChI is InChI=1S/C17H19NO6/c1-5-17-10-8-6-7-9-11(10)18(16(20)23-4)15(17)24-13(19)12(17)14(21-2)22-3/h6-9,15H,5H2,1-4H3. The fraction of sp³-hybridized carbons (Fsp3) is 0.412. The first-order chi connectivity index (χ1) is 11.6. The maximum atomic E-state index is 12.6. The van der Waals surface area contributed by atoms with E-state index in [4.69, 9.17) is 18.9 Å². The van der Waals surface area contributed by atoms with Crippen LogP contribution in [0.3, 0.4) is 0 Å². The number of nitrogens with zero attached hydrogens (tertiary/aromatic N) is 1. The van der Waals surface area contributed by atoms with Crippen LogP contribution < -0.4 is 4.90 Å². The Bertz CT molecular complexity index is 722. The average molecular weight is 333 g/mol. The van der Waals surface area contributed by atoms with Gasteiger partial charge in [-0.3, -0.25) is 0 Å². The van der Waals surface area contributed by atoms with Crippen LogP contribution in [0.15, 0.2) is 35.8 Å². The zero-order valence-electron chi connectivity index (χ0n) is 14.0. The third-order valence-electron chi connectivity index (χ3n) is 4.67. The molecule has 0 radical (unpaired) electrons. The molecule has 1 saturated heterocycles. The molecule has 2 aliphatic rings. The number of benzene rings is 1. The molecule has 1 aromatic rings. The highest BCUT2D eigenvalue weighted by Gasteiger charge is 2.65. The van der Waals surface area contributed by atoms with Crippen molar-refractivity contribution in [3.05, 3.63) is 41.3 Å². The second kappa shape index (κ2) is 5.74. The van der Waals surface area contributed by atoms with E-state index in [0.717, 1.165) is 5.56 Å². The van der Waals surface area contributed by atoms with Crippen LogP contribution in [-0.2, 0) is 29.2 Å². The lowest BCUT2D eigenvalue weighted by atomic mass is 9.74. The number of carbonyl (C=O) groups is 2. The SMILES string of the molecule is CCC12C(=C(OC)OC)C(=O)OC1N(C(=O)OC)c1ccccc12. The van der Waals surface area contributed by atoms with E-state index in [1.165, 1.54) is 26.2 Å². The van der Waals surface area contributed by atoms with Crippen LogP contribution in [-0.4, -0.2) is 39.6 Å². The number of anilines is 1. The van der Waals surface area contributed by atoms with Crippen molar-refractivity contribution in [2.75, 3.05) is 26.2 Å². The van der Waals surface area contributed by atoms with Crippen LogP contribution in [0.4, 0.5) is 10.5 Å². The molecule has 0 aromatic heterocycles. The second-order valence-corrected chi connectivity index (χ2v) is 5.51. The molecule has 1 fully saturated rings. The first kappa shape index (κ1) is 16.2. The average Bonchev–Trinajstić information content (AvgIpc) is 3.04. The maximum Gasteiger partial charge on any atom is 0.417 e. The predicted molar refractivity (Wildman–Crippen MR) is 84.2 cm³/mol. The Morgan fingerprint density at radius 3 is 2.46 bits per heavy atom. The minimum Gasteiger partial charge on any atom is -0.468 e. The Balaban J connectivity index is 2.32. The third kappa shape index (κ3) is 1.84. The molecule has 2 aliphatic heterocycles. The van der Waals surface area contributed by atoms with E-state index in [0.29, 0.717) is 12.1 Å². The molecule has 0 saturated carbocycles. The topological polar surface area (TPSA) is 74.3 Å². The minimum atomic E-state index is -0.872. The molecule has 0 bridgehead atoms. The summed E-state index contributed by atoms with van der Waals surface area (Å²) in [4.78, 5) is 26.3. The van der Waals surface area contributed by atoms with Gasteiger partial charge in [0, 0.05) is 0 Å². The normalized spacial score (nSPS) is 24.2. The Morgan fingerprint density at radius 2 is 1.88 bits per heavy atom. The Hall–Kier alpha value is -2.70. The van der Waals surface area contributed by atoms with E-state index in [2.05, 4.69) is 0 Å². The maximum absolute atomic E-state index is 12.6. The molecule has 2 heterocycles. The quantitative estimate of drug-likeness (QED) is 0.480. The van der Waals surface area contributed by atoms with Crippen LogP contribution in [0.25, 0.3) is 0 Å². The summed E-state index contributed by atoms with van der Waals surface area (Å²) >= 11 is 0. The zero-order chi connectivity index (χ0) is 17.5. The van der Waals surface area contributed by atoms with Gasteiger partial charge in [-0.1, -0.05) is 25.1 Å². The number of hydrogen-bond acceptors (Lipinski definition) is 6. The van der Waals surface area contributed by atoms with E-state index in [-0.39, 0.29) is 11.5 Å². The van der Waals surface area contributed by atoms with Crippen molar-refractivity contribution < 1.29 is 28.5 Å². The lowest BCUT2D eigenvalue weighted by Crippen LogP contribution is -2.45. The molecule has 128 valence electrons. The van der Waals surface area contributed by atoms with Crippen molar-refractivity contribution in [3.63, 3.8) is 0 Å². The molecule has 1 amide bonds. The third-order valence-corrected chi connectivity index (χ3v) is 4.67. The summed E-state index contributed by atoms with van der Waals surface area (Å²) < 4.78 is 20.9. The van der Waals surface area contributed by atoms with Gasteiger partial charge in [-0.2, -0.15) is 0 Å². The number of fused-ring (bicyclic) bond motifs is 3. The number of carbonyl (C=O) groups excluding carboxylic acids is 2. The first-order valence-electron chi connectivity index (χ1n) is 7.57. The van der Waals surface area contributed by atoms with Gasteiger partial charge in [0.05, 0.1) is 32.4 Å². The van der Waals surface area contributed by atoms with Gasteiger partial charge >= 0.3 is 12.1 Å². The summed E-state index contributed by atoms with van der Waals surface area (Å²) in [5.41, 5.74) is 0.852. The zero-order valence-corrected chi connectivity index (χ0v) is 14.0. The second-order valence-electron chi connectivity index (χ2n) is 5.51. The van der Waals surface area contributed by atoms with Gasteiger partial charge in [0.1, 0.15) is 5.57 Å². The van der Waals surface area contributed by atoms with Crippen LogP contribution in [0, 0.1) is 0 Å². The molecule has 7 heteroatoms. The summed E-state index contributed by atoms with van der Waals surface area (Å²) in [5.74, 6) is -0.477. The molecule has 2 atom stereocenters. The molecule has 2 unspecified atom stereocenters. The molecular weight excluding hydrogens is 314 g/mol. The summed E-state index contributed by atoms with van der Waals surface area (Å²) in [5, 5.41) is 0. The van der Waals surface area contributed by atoms with Gasteiger partial charge in [0.15, 0.2) is 6.23 Å².